The van der Waals surface area contributed by atoms with Crippen LogP contribution in [0.3, 0.4) is 0 Å². The van der Waals surface area contributed by atoms with E-state index < -0.39 is 53.3 Å². The summed E-state index contributed by atoms with van der Waals surface area (Å²) in [6, 6.07) is 8.14. The standard InChI is InChI=1S/C20H15F4N5O5/c1-3-32-15(30)10-33-13-6-4-5-7-14(13)34-17-11(9-25)8-12(21)16(26-17)29-19(31)28(2)18(27-29)20(22,23)24/h4-8H,3,10H2,1-2H3. The van der Waals surface area contributed by atoms with Crippen molar-refractivity contribution in [2.45, 2.75) is 13.1 Å². The molecule has 34 heavy (non-hydrogen) atoms. The average Bonchev–Trinajstić information content (AvgIpc) is 3.09. The first-order valence-electron chi connectivity index (χ1n) is 9.46. The molecular weight excluding hydrogens is 466 g/mol. The maximum Gasteiger partial charge on any atom is 0.451 e. The number of nitriles is 1. The minimum atomic E-state index is -4.99. The highest BCUT2D eigenvalue weighted by Crippen LogP contribution is 2.33. The number of carbonyl (C=O) groups is 1. The molecule has 14 heteroatoms. The first-order valence-corrected chi connectivity index (χ1v) is 9.46. The van der Waals surface area contributed by atoms with Crippen LogP contribution in [0.15, 0.2) is 35.1 Å². The van der Waals surface area contributed by atoms with Crippen molar-refractivity contribution < 1.29 is 36.6 Å². The third-order valence-corrected chi connectivity index (χ3v) is 4.18. The van der Waals surface area contributed by atoms with Gasteiger partial charge in [0.25, 0.3) is 0 Å². The van der Waals surface area contributed by atoms with Crippen LogP contribution < -0.4 is 15.2 Å². The Morgan fingerprint density at radius 1 is 1.24 bits per heavy atom. The Bertz CT molecular complexity index is 1330. The predicted octanol–water partition coefficient (Wildman–Crippen LogP) is 2.73. The maximum atomic E-state index is 14.6. The Morgan fingerprint density at radius 2 is 1.91 bits per heavy atom. The van der Waals surface area contributed by atoms with E-state index in [1.807, 2.05) is 0 Å². The van der Waals surface area contributed by atoms with E-state index in [0.29, 0.717) is 6.07 Å². The summed E-state index contributed by atoms with van der Waals surface area (Å²) in [6.07, 6.45) is -4.99. The number of ether oxygens (including phenoxy) is 3. The van der Waals surface area contributed by atoms with E-state index in [0.717, 1.165) is 7.05 Å². The first-order chi connectivity index (χ1) is 16.1. The van der Waals surface area contributed by atoms with Crippen LogP contribution in [0.2, 0.25) is 0 Å². The van der Waals surface area contributed by atoms with Crippen molar-refractivity contribution in [1.29, 1.82) is 5.26 Å². The molecule has 0 radical (unpaired) electrons. The molecule has 2 heterocycles. The molecule has 0 unspecified atom stereocenters. The van der Waals surface area contributed by atoms with Gasteiger partial charge in [0.05, 0.1) is 6.61 Å². The van der Waals surface area contributed by atoms with Gasteiger partial charge in [0.2, 0.25) is 11.7 Å². The highest BCUT2D eigenvalue weighted by atomic mass is 19.4. The summed E-state index contributed by atoms with van der Waals surface area (Å²) in [4.78, 5) is 27.5. The molecule has 0 bridgehead atoms. The average molecular weight is 481 g/mol. The second kappa shape index (κ2) is 9.61. The number of aromatic nitrogens is 4. The molecule has 0 spiro atoms. The summed E-state index contributed by atoms with van der Waals surface area (Å²) in [6.45, 7) is 1.28. The number of pyridine rings is 1. The normalized spacial score (nSPS) is 11.1. The van der Waals surface area contributed by atoms with Crippen molar-refractivity contribution in [3.8, 4) is 29.3 Å². The monoisotopic (exact) mass is 481 g/mol. The highest BCUT2D eigenvalue weighted by molar-refractivity contribution is 5.71. The maximum absolute atomic E-state index is 14.6. The molecule has 0 atom stereocenters. The summed E-state index contributed by atoms with van der Waals surface area (Å²) in [7, 11) is 0.810. The molecule has 0 aliphatic heterocycles. The number of hydrogen-bond acceptors (Lipinski definition) is 8. The number of rotatable bonds is 7. The fraction of sp³-hybridized carbons (Fsp3) is 0.250. The molecule has 2 aromatic heterocycles. The number of hydrogen-bond donors (Lipinski definition) is 0. The van der Waals surface area contributed by atoms with E-state index in [-0.39, 0.29) is 27.4 Å². The summed E-state index contributed by atoms with van der Waals surface area (Å²) in [5.74, 6) is -5.02. The van der Waals surface area contributed by atoms with Gasteiger partial charge < -0.3 is 14.2 Å². The van der Waals surface area contributed by atoms with Gasteiger partial charge in [-0.1, -0.05) is 12.1 Å². The lowest BCUT2D eigenvalue weighted by molar-refractivity contribution is -0.147. The van der Waals surface area contributed by atoms with Crippen LogP contribution in [0.5, 0.6) is 17.4 Å². The van der Waals surface area contributed by atoms with Gasteiger partial charge in [-0.05, 0) is 19.1 Å². The number of benzene rings is 1. The predicted molar refractivity (Wildman–Crippen MR) is 105 cm³/mol. The molecule has 0 N–H and O–H groups in total. The van der Waals surface area contributed by atoms with E-state index in [1.165, 1.54) is 18.2 Å². The first kappa shape index (κ1) is 24.2. The zero-order valence-corrected chi connectivity index (χ0v) is 17.6. The zero-order chi connectivity index (χ0) is 25.0. The van der Waals surface area contributed by atoms with E-state index >= 15 is 0 Å². The van der Waals surface area contributed by atoms with E-state index in [9.17, 15) is 32.4 Å². The van der Waals surface area contributed by atoms with Crippen molar-refractivity contribution in [3.05, 3.63) is 58.0 Å². The van der Waals surface area contributed by atoms with E-state index in [4.69, 9.17) is 14.2 Å². The summed E-state index contributed by atoms with van der Waals surface area (Å²) in [5, 5.41) is 12.5. The zero-order valence-electron chi connectivity index (χ0n) is 17.6. The number of para-hydroxylation sites is 2. The number of esters is 1. The minimum Gasteiger partial charge on any atom is -0.478 e. The summed E-state index contributed by atoms with van der Waals surface area (Å²) < 4.78 is 69.8. The third kappa shape index (κ3) is 4.98. The van der Waals surface area contributed by atoms with Crippen LogP contribution in [-0.2, 0) is 22.8 Å². The van der Waals surface area contributed by atoms with Crippen LogP contribution in [0.1, 0.15) is 18.3 Å². The highest BCUT2D eigenvalue weighted by Gasteiger charge is 2.38. The van der Waals surface area contributed by atoms with Gasteiger partial charge in [-0.3, -0.25) is 4.57 Å². The van der Waals surface area contributed by atoms with Crippen molar-refractivity contribution in [3.63, 3.8) is 0 Å². The quantitative estimate of drug-likeness (QED) is 0.373. The van der Waals surface area contributed by atoms with Crippen LogP contribution in [0.25, 0.3) is 5.82 Å². The van der Waals surface area contributed by atoms with E-state index in [2.05, 4.69) is 10.1 Å². The number of carbonyl (C=O) groups excluding carboxylic acids is 1. The van der Waals surface area contributed by atoms with E-state index in [1.54, 1.807) is 19.1 Å². The molecule has 1 aromatic carbocycles. The Kier molecular flexibility index (Phi) is 6.85. The molecule has 0 aliphatic carbocycles. The third-order valence-electron chi connectivity index (χ3n) is 4.18. The summed E-state index contributed by atoms with van der Waals surface area (Å²) in [5.41, 5.74) is -1.76. The van der Waals surface area contributed by atoms with Gasteiger partial charge in [0, 0.05) is 13.1 Å². The Morgan fingerprint density at radius 3 is 2.50 bits per heavy atom. The molecule has 3 aromatic rings. The van der Waals surface area contributed by atoms with Crippen molar-refractivity contribution in [2.24, 2.45) is 7.05 Å². The number of nitrogens with zero attached hydrogens (tertiary/aromatic N) is 5. The smallest absolute Gasteiger partial charge is 0.451 e. The largest absolute Gasteiger partial charge is 0.478 e. The van der Waals surface area contributed by atoms with Gasteiger partial charge in [-0.25, -0.2) is 14.0 Å². The van der Waals surface area contributed by atoms with Crippen molar-refractivity contribution in [1.82, 2.24) is 19.3 Å². The van der Waals surface area contributed by atoms with Crippen LogP contribution in [0.4, 0.5) is 17.6 Å². The molecule has 0 saturated heterocycles. The second-order valence-electron chi connectivity index (χ2n) is 6.48. The number of halogens is 4. The van der Waals surface area contributed by atoms with Crippen molar-refractivity contribution >= 4 is 5.97 Å². The van der Waals surface area contributed by atoms with Crippen LogP contribution >= 0.6 is 0 Å². The molecular formula is C20H15F4N5O5. The SMILES string of the molecule is CCOC(=O)COc1ccccc1Oc1nc(-n2nc(C(F)(F)F)n(C)c2=O)c(F)cc1C#N. The van der Waals surface area contributed by atoms with Crippen molar-refractivity contribution in [2.75, 3.05) is 13.2 Å². The Balaban J connectivity index is 2.03. The Labute approximate surface area is 188 Å². The molecule has 0 saturated carbocycles. The van der Waals surface area contributed by atoms with Gasteiger partial charge in [0.15, 0.2) is 29.7 Å². The molecule has 0 fully saturated rings. The lowest BCUT2D eigenvalue weighted by Crippen LogP contribution is -2.24. The minimum absolute atomic E-state index is 0.0291. The topological polar surface area (TPSA) is 121 Å². The van der Waals surface area contributed by atoms with Crippen LogP contribution in [-0.4, -0.2) is 38.5 Å². The molecule has 0 amide bonds. The van der Waals surface area contributed by atoms with Gasteiger partial charge in [-0.15, -0.1) is 5.10 Å². The second-order valence-corrected chi connectivity index (χ2v) is 6.48. The number of alkyl halides is 3. The fourth-order valence-electron chi connectivity index (χ4n) is 2.69. The lowest BCUT2D eigenvalue weighted by Gasteiger charge is -2.13. The van der Waals surface area contributed by atoms with Crippen LogP contribution in [0, 0.1) is 17.1 Å². The molecule has 3 rings (SSSR count). The van der Waals surface area contributed by atoms with Gasteiger partial charge >= 0.3 is 17.8 Å². The van der Waals surface area contributed by atoms with Gasteiger partial charge in [-0.2, -0.15) is 28.1 Å². The molecule has 10 nitrogen and oxygen atoms in total. The summed E-state index contributed by atoms with van der Waals surface area (Å²) >= 11 is 0. The lowest BCUT2D eigenvalue weighted by atomic mass is 10.2. The molecule has 0 aliphatic rings. The Hall–Kier alpha value is -4.41. The molecule has 178 valence electrons. The fourth-order valence-corrected chi connectivity index (χ4v) is 2.69. The van der Waals surface area contributed by atoms with Gasteiger partial charge in [0.1, 0.15) is 11.6 Å².